The summed E-state index contributed by atoms with van der Waals surface area (Å²) in [5.41, 5.74) is 3.50. The van der Waals surface area contributed by atoms with Gasteiger partial charge in [-0.05, 0) is 24.5 Å². The molecule has 1 unspecified atom stereocenters. The number of fused-ring (bicyclic) bond motifs is 1. The topological polar surface area (TPSA) is 69.4 Å². The number of rotatable bonds is 5. The number of hydrogen-bond donors (Lipinski definition) is 0. The highest BCUT2D eigenvalue weighted by atomic mass is 32.2. The molecule has 3 rings (SSSR count). The van der Waals surface area contributed by atoms with E-state index in [2.05, 4.69) is 5.16 Å². The van der Waals surface area contributed by atoms with Crippen LogP contribution in [0.3, 0.4) is 0 Å². The van der Waals surface area contributed by atoms with Crippen LogP contribution in [0.4, 0.5) is 0 Å². The molecule has 6 heteroatoms. The molecule has 1 aliphatic rings. The average molecular weight is 335 g/mol. The highest BCUT2D eigenvalue weighted by Crippen LogP contribution is 2.29. The number of aromatic nitrogens is 1. The van der Waals surface area contributed by atoms with Crippen molar-refractivity contribution >= 4 is 9.84 Å². The molecule has 1 aromatic heterocycles. The standard InChI is InChI=1S/C17H21NO4S/c1-3-16-15(12(2)18-22-16)10-23(19,20)11-17-14-7-5-4-6-13(14)8-9-21-17/h4-7,17H,3,8-11H2,1-2H3. The lowest BCUT2D eigenvalue weighted by molar-refractivity contribution is 0.0576. The van der Waals surface area contributed by atoms with Gasteiger partial charge in [-0.3, -0.25) is 0 Å². The van der Waals surface area contributed by atoms with Crippen LogP contribution in [0.5, 0.6) is 0 Å². The summed E-state index contributed by atoms with van der Waals surface area (Å²) >= 11 is 0. The minimum absolute atomic E-state index is 0.0161. The van der Waals surface area contributed by atoms with Gasteiger partial charge in [-0.15, -0.1) is 0 Å². The maximum absolute atomic E-state index is 12.6. The lowest BCUT2D eigenvalue weighted by Gasteiger charge is -2.25. The Morgan fingerprint density at radius 3 is 2.87 bits per heavy atom. The van der Waals surface area contributed by atoms with E-state index in [1.54, 1.807) is 6.92 Å². The van der Waals surface area contributed by atoms with Gasteiger partial charge in [-0.25, -0.2) is 8.42 Å². The van der Waals surface area contributed by atoms with E-state index in [0.717, 1.165) is 12.0 Å². The average Bonchev–Trinajstić information content (AvgIpc) is 2.87. The molecule has 0 saturated carbocycles. The second kappa shape index (κ2) is 6.45. The molecular weight excluding hydrogens is 314 g/mol. The van der Waals surface area contributed by atoms with Crippen molar-refractivity contribution in [3.8, 4) is 0 Å². The predicted molar refractivity (Wildman–Crippen MR) is 86.9 cm³/mol. The van der Waals surface area contributed by atoms with Gasteiger partial charge in [-0.2, -0.15) is 0 Å². The monoisotopic (exact) mass is 335 g/mol. The van der Waals surface area contributed by atoms with Crippen LogP contribution in [-0.4, -0.2) is 25.9 Å². The summed E-state index contributed by atoms with van der Waals surface area (Å²) in [6.07, 6.45) is 1.07. The van der Waals surface area contributed by atoms with Crippen molar-refractivity contribution in [1.82, 2.24) is 5.16 Å². The first-order chi connectivity index (χ1) is 11.0. The molecule has 5 nitrogen and oxygen atoms in total. The van der Waals surface area contributed by atoms with Crippen molar-refractivity contribution in [3.05, 3.63) is 52.4 Å². The van der Waals surface area contributed by atoms with Gasteiger partial charge in [0.25, 0.3) is 0 Å². The number of sulfone groups is 1. The molecule has 124 valence electrons. The molecule has 0 aliphatic carbocycles. The first-order valence-electron chi connectivity index (χ1n) is 7.84. The van der Waals surface area contributed by atoms with Crippen LogP contribution in [-0.2, 0) is 33.2 Å². The zero-order valence-electron chi connectivity index (χ0n) is 13.4. The molecule has 23 heavy (non-hydrogen) atoms. The summed E-state index contributed by atoms with van der Waals surface area (Å²) in [7, 11) is -3.33. The summed E-state index contributed by atoms with van der Waals surface area (Å²) in [4.78, 5) is 0. The van der Waals surface area contributed by atoms with Crippen molar-refractivity contribution in [3.63, 3.8) is 0 Å². The number of ether oxygens (including phenoxy) is 1. The molecule has 1 aromatic carbocycles. The molecule has 0 fully saturated rings. The van der Waals surface area contributed by atoms with E-state index in [1.807, 2.05) is 31.2 Å². The van der Waals surface area contributed by atoms with E-state index in [1.165, 1.54) is 5.56 Å². The molecule has 2 heterocycles. The third kappa shape index (κ3) is 3.48. The lowest BCUT2D eigenvalue weighted by atomic mass is 9.99. The SMILES string of the molecule is CCc1onc(C)c1CS(=O)(=O)CC1OCCc2ccccc21. The number of aryl methyl sites for hydroxylation is 2. The first kappa shape index (κ1) is 16.2. The molecule has 1 atom stereocenters. The van der Waals surface area contributed by atoms with Gasteiger partial charge in [0.05, 0.1) is 29.9 Å². The largest absolute Gasteiger partial charge is 0.372 e. The maximum atomic E-state index is 12.6. The number of benzene rings is 1. The molecular formula is C17H21NO4S. The predicted octanol–water partition coefficient (Wildman–Crippen LogP) is 2.77. The smallest absolute Gasteiger partial charge is 0.157 e. The molecule has 0 spiro atoms. The third-order valence-electron chi connectivity index (χ3n) is 4.25. The van der Waals surface area contributed by atoms with E-state index in [-0.39, 0.29) is 11.5 Å². The van der Waals surface area contributed by atoms with Gasteiger partial charge in [0, 0.05) is 12.0 Å². The van der Waals surface area contributed by atoms with Gasteiger partial charge in [0.15, 0.2) is 9.84 Å². The second-order valence-electron chi connectivity index (χ2n) is 5.89. The van der Waals surface area contributed by atoms with E-state index in [9.17, 15) is 8.42 Å². The fourth-order valence-corrected chi connectivity index (χ4v) is 4.69. The quantitative estimate of drug-likeness (QED) is 0.840. The van der Waals surface area contributed by atoms with Gasteiger partial charge in [0.2, 0.25) is 0 Å². The zero-order chi connectivity index (χ0) is 16.4. The van der Waals surface area contributed by atoms with E-state index in [4.69, 9.17) is 9.26 Å². The lowest BCUT2D eigenvalue weighted by Crippen LogP contribution is -2.24. The van der Waals surface area contributed by atoms with Gasteiger partial charge < -0.3 is 9.26 Å². The fraction of sp³-hybridized carbons (Fsp3) is 0.471. The zero-order valence-corrected chi connectivity index (χ0v) is 14.2. The van der Waals surface area contributed by atoms with Crippen molar-refractivity contribution in [2.45, 2.75) is 38.5 Å². The minimum Gasteiger partial charge on any atom is -0.372 e. The normalized spacial score (nSPS) is 17.9. The first-order valence-corrected chi connectivity index (χ1v) is 9.66. The van der Waals surface area contributed by atoms with E-state index in [0.29, 0.717) is 30.0 Å². The Bertz CT molecular complexity index is 795. The Balaban J connectivity index is 1.81. The van der Waals surface area contributed by atoms with Crippen LogP contribution in [0.15, 0.2) is 28.8 Å². The van der Waals surface area contributed by atoms with Gasteiger partial charge in [-0.1, -0.05) is 36.3 Å². The molecule has 0 saturated heterocycles. The van der Waals surface area contributed by atoms with Crippen LogP contribution >= 0.6 is 0 Å². The second-order valence-corrected chi connectivity index (χ2v) is 8.00. The Morgan fingerprint density at radius 2 is 2.09 bits per heavy atom. The maximum Gasteiger partial charge on any atom is 0.157 e. The number of hydrogen-bond acceptors (Lipinski definition) is 5. The van der Waals surface area contributed by atoms with Crippen LogP contribution in [0.1, 0.15) is 41.2 Å². The summed E-state index contributed by atoms with van der Waals surface area (Å²) in [6.45, 7) is 4.26. The summed E-state index contributed by atoms with van der Waals surface area (Å²) in [6, 6.07) is 7.89. The molecule has 0 N–H and O–H groups in total. The van der Waals surface area contributed by atoms with Crippen LogP contribution in [0.25, 0.3) is 0 Å². The van der Waals surface area contributed by atoms with Crippen molar-refractivity contribution < 1.29 is 17.7 Å². The highest BCUT2D eigenvalue weighted by molar-refractivity contribution is 7.90. The van der Waals surface area contributed by atoms with Gasteiger partial charge >= 0.3 is 0 Å². The molecule has 0 bridgehead atoms. The summed E-state index contributed by atoms with van der Waals surface area (Å²) in [5, 5.41) is 3.88. The van der Waals surface area contributed by atoms with Crippen LogP contribution < -0.4 is 0 Å². The van der Waals surface area contributed by atoms with Crippen molar-refractivity contribution in [2.75, 3.05) is 12.4 Å². The van der Waals surface area contributed by atoms with Crippen LogP contribution in [0, 0.1) is 6.92 Å². The van der Waals surface area contributed by atoms with Crippen molar-refractivity contribution in [1.29, 1.82) is 0 Å². The molecule has 2 aromatic rings. The third-order valence-corrected chi connectivity index (χ3v) is 5.79. The summed E-state index contributed by atoms with van der Waals surface area (Å²) in [5.74, 6) is 0.585. The molecule has 0 amide bonds. The molecule has 0 radical (unpaired) electrons. The fourth-order valence-electron chi connectivity index (χ4n) is 3.02. The minimum atomic E-state index is -3.33. The highest BCUT2D eigenvalue weighted by Gasteiger charge is 2.28. The van der Waals surface area contributed by atoms with E-state index < -0.39 is 15.9 Å². The van der Waals surface area contributed by atoms with E-state index >= 15 is 0 Å². The molecule has 1 aliphatic heterocycles. The Morgan fingerprint density at radius 1 is 1.30 bits per heavy atom. The van der Waals surface area contributed by atoms with Crippen LogP contribution in [0.2, 0.25) is 0 Å². The Kier molecular flexibility index (Phi) is 4.55. The summed E-state index contributed by atoms with van der Waals surface area (Å²) < 4.78 is 36.2. The Hall–Kier alpha value is -1.66. The van der Waals surface area contributed by atoms with Crippen molar-refractivity contribution in [2.24, 2.45) is 0 Å². The Labute approximate surface area is 136 Å². The van der Waals surface area contributed by atoms with Gasteiger partial charge in [0.1, 0.15) is 5.76 Å². The number of nitrogens with zero attached hydrogens (tertiary/aromatic N) is 1.